The van der Waals surface area contributed by atoms with E-state index in [1.807, 2.05) is 0 Å². The zero-order valence-electron chi connectivity index (χ0n) is 10.5. The monoisotopic (exact) mass is 300 g/mol. The Morgan fingerprint density at radius 3 is 2.79 bits per heavy atom. The summed E-state index contributed by atoms with van der Waals surface area (Å²) >= 11 is 12.1. The number of carbonyl (C=O) groups excluding carboxylic acids is 1. The molecular formula is C13H14Cl2N2O2. The summed E-state index contributed by atoms with van der Waals surface area (Å²) in [6.07, 6.45) is 3.93. The summed E-state index contributed by atoms with van der Waals surface area (Å²) in [6.45, 7) is 4.49. The van der Waals surface area contributed by atoms with Gasteiger partial charge in [0.25, 0.3) is 0 Å². The van der Waals surface area contributed by atoms with Crippen LogP contribution in [0.3, 0.4) is 0 Å². The van der Waals surface area contributed by atoms with Crippen molar-refractivity contribution in [1.29, 1.82) is 0 Å². The van der Waals surface area contributed by atoms with Gasteiger partial charge in [-0.2, -0.15) is 0 Å². The van der Waals surface area contributed by atoms with Gasteiger partial charge in [-0.25, -0.2) is 9.78 Å². The maximum absolute atomic E-state index is 11.7. The molecule has 0 atom stereocenters. The predicted molar refractivity (Wildman–Crippen MR) is 76.9 cm³/mol. The first-order valence-electron chi connectivity index (χ1n) is 5.92. The van der Waals surface area contributed by atoms with Crippen molar-refractivity contribution in [3.8, 4) is 0 Å². The maximum atomic E-state index is 11.7. The number of nitrogens with zero attached hydrogens (tertiary/aromatic N) is 1. The highest BCUT2D eigenvalue weighted by molar-refractivity contribution is 6.43. The molecule has 0 saturated heterocycles. The number of halogens is 2. The van der Waals surface area contributed by atoms with Gasteiger partial charge in [0, 0.05) is 12.1 Å². The molecule has 1 fully saturated rings. The fourth-order valence-electron chi connectivity index (χ4n) is 1.74. The second-order valence-electron chi connectivity index (χ2n) is 4.37. The van der Waals surface area contributed by atoms with Crippen molar-refractivity contribution in [2.24, 2.45) is 5.92 Å². The molecular weight excluding hydrogens is 287 g/mol. The Morgan fingerprint density at radius 1 is 1.58 bits per heavy atom. The van der Waals surface area contributed by atoms with Crippen LogP contribution < -0.4 is 5.32 Å². The van der Waals surface area contributed by atoms with Crippen LogP contribution >= 0.6 is 23.2 Å². The lowest BCUT2D eigenvalue weighted by Crippen LogP contribution is -2.12. The summed E-state index contributed by atoms with van der Waals surface area (Å²) in [5.41, 5.74) is 1.22. The maximum Gasteiger partial charge on any atom is 0.357 e. The largest absolute Gasteiger partial charge is 0.464 e. The number of esters is 1. The van der Waals surface area contributed by atoms with Crippen LogP contribution in [0.4, 0.5) is 5.69 Å². The van der Waals surface area contributed by atoms with Crippen LogP contribution in [0.2, 0.25) is 10.2 Å². The fraction of sp³-hybridized carbons (Fsp3) is 0.385. The molecule has 0 aliphatic heterocycles. The molecule has 1 aromatic heterocycles. The third kappa shape index (κ3) is 3.01. The smallest absolute Gasteiger partial charge is 0.357 e. The number of aromatic nitrogens is 1. The number of nitrogens with one attached hydrogen (secondary N) is 1. The van der Waals surface area contributed by atoms with Crippen LogP contribution in [0.5, 0.6) is 0 Å². The van der Waals surface area contributed by atoms with E-state index < -0.39 is 5.97 Å². The predicted octanol–water partition coefficient (Wildman–Crippen LogP) is 3.64. The molecule has 1 aliphatic rings. The van der Waals surface area contributed by atoms with E-state index in [0.29, 0.717) is 22.2 Å². The zero-order valence-corrected chi connectivity index (χ0v) is 12.0. The van der Waals surface area contributed by atoms with Crippen molar-refractivity contribution >= 4 is 40.9 Å². The third-order valence-electron chi connectivity index (χ3n) is 2.98. The summed E-state index contributed by atoms with van der Waals surface area (Å²) in [5, 5.41) is 3.59. The van der Waals surface area contributed by atoms with E-state index in [4.69, 9.17) is 23.2 Å². The number of hydrogen-bond acceptors (Lipinski definition) is 4. The highest BCUT2D eigenvalue weighted by Gasteiger charge is 2.24. The van der Waals surface area contributed by atoms with Gasteiger partial charge in [0.1, 0.15) is 5.02 Å². The van der Waals surface area contributed by atoms with Crippen molar-refractivity contribution in [1.82, 2.24) is 4.98 Å². The second kappa shape index (κ2) is 5.80. The second-order valence-corrected chi connectivity index (χ2v) is 5.11. The van der Waals surface area contributed by atoms with Gasteiger partial charge in [0.05, 0.1) is 12.8 Å². The molecule has 102 valence electrons. The first-order chi connectivity index (χ1) is 9.08. The summed E-state index contributed by atoms with van der Waals surface area (Å²) in [4.78, 5) is 15.7. The highest BCUT2D eigenvalue weighted by atomic mass is 35.5. The minimum absolute atomic E-state index is 0.0750. The van der Waals surface area contributed by atoms with Crippen LogP contribution in [0, 0.1) is 5.92 Å². The fourth-order valence-corrected chi connectivity index (χ4v) is 2.13. The van der Waals surface area contributed by atoms with Gasteiger partial charge in [0.15, 0.2) is 10.8 Å². The average molecular weight is 301 g/mol. The van der Waals surface area contributed by atoms with Crippen molar-refractivity contribution in [3.05, 3.63) is 28.0 Å². The van der Waals surface area contributed by atoms with E-state index >= 15 is 0 Å². The molecule has 1 N–H and O–H groups in total. The van der Waals surface area contributed by atoms with Crippen molar-refractivity contribution < 1.29 is 9.53 Å². The van der Waals surface area contributed by atoms with Crippen LogP contribution in [0.15, 0.2) is 6.58 Å². The van der Waals surface area contributed by atoms with Gasteiger partial charge < -0.3 is 10.1 Å². The van der Waals surface area contributed by atoms with E-state index in [1.54, 1.807) is 0 Å². The molecule has 1 aliphatic carbocycles. The van der Waals surface area contributed by atoms with Gasteiger partial charge in [-0.05, 0) is 18.8 Å². The minimum Gasteiger partial charge on any atom is -0.464 e. The molecule has 0 spiro atoms. The molecule has 0 aromatic carbocycles. The first-order valence-corrected chi connectivity index (χ1v) is 6.67. The van der Waals surface area contributed by atoms with Gasteiger partial charge in [-0.15, -0.1) is 0 Å². The molecule has 0 unspecified atom stereocenters. The Morgan fingerprint density at radius 2 is 2.26 bits per heavy atom. The van der Waals surface area contributed by atoms with Crippen LogP contribution in [-0.4, -0.2) is 24.6 Å². The average Bonchev–Trinajstić information content (AvgIpc) is 3.23. The molecule has 4 nitrogen and oxygen atoms in total. The van der Waals surface area contributed by atoms with Gasteiger partial charge >= 0.3 is 5.97 Å². The van der Waals surface area contributed by atoms with E-state index in [9.17, 15) is 4.79 Å². The highest BCUT2D eigenvalue weighted by Crippen LogP contribution is 2.36. The van der Waals surface area contributed by atoms with E-state index in [2.05, 4.69) is 21.6 Å². The van der Waals surface area contributed by atoms with Crippen molar-refractivity contribution in [3.63, 3.8) is 0 Å². The van der Waals surface area contributed by atoms with Crippen LogP contribution in [0.25, 0.3) is 6.08 Å². The summed E-state index contributed by atoms with van der Waals surface area (Å²) in [6, 6.07) is 0. The molecule has 1 heterocycles. The van der Waals surface area contributed by atoms with Crippen molar-refractivity contribution in [2.75, 3.05) is 19.0 Å². The Hall–Kier alpha value is -1.26. The Kier molecular flexibility index (Phi) is 4.32. The Balaban J connectivity index is 2.44. The number of ether oxygens (including phenoxy) is 1. The van der Waals surface area contributed by atoms with E-state index in [1.165, 1.54) is 26.0 Å². The van der Waals surface area contributed by atoms with Crippen molar-refractivity contribution in [2.45, 2.75) is 12.8 Å². The number of anilines is 1. The van der Waals surface area contributed by atoms with E-state index in [0.717, 1.165) is 6.54 Å². The number of methoxy groups -OCH3 is 1. The normalized spacial score (nSPS) is 14.1. The van der Waals surface area contributed by atoms with Gasteiger partial charge in [-0.1, -0.05) is 35.9 Å². The molecule has 0 bridgehead atoms. The number of carbonyl (C=O) groups is 1. The SMILES string of the molecule is C=Cc1c(C(=O)OC)nc(Cl)c(Cl)c1NCC1CC1. The number of rotatable bonds is 5. The quantitative estimate of drug-likeness (QED) is 0.666. The van der Waals surface area contributed by atoms with Crippen LogP contribution in [-0.2, 0) is 4.74 Å². The van der Waals surface area contributed by atoms with E-state index in [-0.39, 0.29) is 10.8 Å². The summed E-state index contributed by atoms with van der Waals surface area (Å²) in [5.74, 6) is 0.0881. The minimum atomic E-state index is -0.567. The molecule has 19 heavy (non-hydrogen) atoms. The summed E-state index contributed by atoms with van der Waals surface area (Å²) < 4.78 is 4.69. The number of pyridine rings is 1. The Labute approximate surface area is 121 Å². The molecule has 1 aromatic rings. The number of hydrogen-bond donors (Lipinski definition) is 1. The molecule has 6 heteroatoms. The topological polar surface area (TPSA) is 51.2 Å². The standard InChI is InChI=1S/C13H14Cl2N2O2/c1-3-8-10(16-6-7-4-5-7)9(14)12(15)17-11(8)13(18)19-2/h3,7H,1,4-6H2,2H3,(H,16,17). The van der Waals surface area contributed by atoms with Gasteiger partial charge in [0.2, 0.25) is 0 Å². The molecule has 2 rings (SSSR count). The third-order valence-corrected chi connectivity index (χ3v) is 3.72. The molecule has 0 amide bonds. The zero-order chi connectivity index (χ0) is 14.0. The Bertz CT molecular complexity index is 528. The summed E-state index contributed by atoms with van der Waals surface area (Å²) in [7, 11) is 1.29. The lowest BCUT2D eigenvalue weighted by molar-refractivity contribution is 0.0594. The first kappa shape index (κ1) is 14.2. The van der Waals surface area contributed by atoms with Crippen LogP contribution in [0.1, 0.15) is 28.9 Å². The lowest BCUT2D eigenvalue weighted by Gasteiger charge is -2.14. The molecule has 0 radical (unpaired) electrons. The van der Waals surface area contributed by atoms with Gasteiger partial charge in [-0.3, -0.25) is 0 Å². The lowest BCUT2D eigenvalue weighted by atomic mass is 10.1. The molecule has 1 saturated carbocycles.